The Kier molecular flexibility index (Phi) is 3.51. The highest BCUT2D eigenvalue weighted by Crippen LogP contribution is 2.21. The van der Waals surface area contributed by atoms with Gasteiger partial charge in [0.2, 0.25) is 10.0 Å². The highest BCUT2D eigenvalue weighted by molar-refractivity contribution is 7.89. The van der Waals surface area contributed by atoms with Gasteiger partial charge in [-0.25, -0.2) is 18.1 Å². The van der Waals surface area contributed by atoms with Crippen LogP contribution in [-0.4, -0.2) is 25.0 Å². The SMILES string of the molecule is CNS(=O)(=O)C(C)c1nccn1C(C)C. The predicted octanol–water partition coefficient (Wildman–Crippen LogP) is 1.07. The van der Waals surface area contributed by atoms with Crippen LogP contribution < -0.4 is 4.72 Å². The van der Waals surface area contributed by atoms with Crippen molar-refractivity contribution in [3.05, 3.63) is 18.2 Å². The summed E-state index contributed by atoms with van der Waals surface area (Å²) < 4.78 is 27.4. The molecule has 1 unspecified atom stereocenters. The first-order valence-electron chi connectivity index (χ1n) is 4.85. The van der Waals surface area contributed by atoms with Crippen molar-refractivity contribution in [3.63, 3.8) is 0 Å². The van der Waals surface area contributed by atoms with Gasteiger partial charge in [0.05, 0.1) is 0 Å². The Balaban J connectivity index is 3.12. The average Bonchev–Trinajstić information content (AvgIpc) is 2.64. The molecule has 1 atom stereocenters. The molecule has 0 aromatic carbocycles. The van der Waals surface area contributed by atoms with Crippen molar-refractivity contribution in [2.45, 2.75) is 32.1 Å². The van der Waals surface area contributed by atoms with Crippen molar-refractivity contribution in [3.8, 4) is 0 Å². The van der Waals surface area contributed by atoms with Crippen LogP contribution in [0.1, 0.15) is 37.9 Å². The summed E-state index contributed by atoms with van der Waals surface area (Å²) in [6.45, 7) is 5.61. The second-order valence-corrected chi connectivity index (χ2v) is 5.88. The lowest BCUT2D eigenvalue weighted by Gasteiger charge is -2.16. The van der Waals surface area contributed by atoms with E-state index < -0.39 is 15.3 Å². The first-order valence-corrected chi connectivity index (χ1v) is 6.40. The molecule has 6 heteroatoms. The van der Waals surface area contributed by atoms with Crippen molar-refractivity contribution in [2.24, 2.45) is 0 Å². The van der Waals surface area contributed by atoms with Crippen LogP contribution in [0.25, 0.3) is 0 Å². The molecular formula is C9H17N3O2S. The molecule has 1 heterocycles. The molecule has 15 heavy (non-hydrogen) atoms. The molecule has 1 N–H and O–H groups in total. The van der Waals surface area contributed by atoms with E-state index in [0.29, 0.717) is 5.82 Å². The number of nitrogens with one attached hydrogen (secondary N) is 1. The molecule has 0 spiro atoms. The lowest BCUT2D eigenvalue weighted by Crippen LogP contribution is -2.26. The van der Waals surface area contributed by atoms with Crippen LogP contribution in [0.15, 0.2) is 12.4 Å². The Labute approximate surface area is 90.6 Å². The molecule has 0 fully saturated rings. The standard InChI is InChI=1S/C9H17N3O2S/c1-7(2)12-6-5-11-9(12)8(3)15(13,14)10-4/h5-8,10H,1-4H3. The van der Waals surface area contributed by atoms with E-state index in [9.17, 15) is 8.42 Å². The molecule has 0 radical (unpaired) electrons. The Hall–Kier alpha value is -0.880. The lowest BCUT2D eigenvalue weighted by molar-refractivity contribution is 0.544. The van der Waals surface area contributed by atoms with E-state index in [1.807, 2.05) is 18.4 Å². The van der Waals surface area contributed by atoms with Crippen LogP contribution >= 0.6 is 0 Å². The van der Waals surface area contributed by atoms with Gasteiger partial charge in [0.25, 0.3) is 0 Å². The molecule has 1 rings (SSSR count). The maximum atomic E-state index is 11.6. The van der Waals surface area contributed by atoms with E-state index in [2.05, 4.69) is 9.71 Å². The number of hydrogen-bond donors (Lipinski definition) is 1. The average molecular weight is 231 g/mol. The normalized spacial score (nSPS) is 14.5. The number of aromatic nitrogens is 2. The van der Waals surface area contributed by atoms with Gasteiger partial charge >= 0.3 is 0 Å². The van der Waals surface area contributed by atoms with Gasteiger partial charge in [-0.3, -0.25) is 0 Å². The van der Waals surface area contributed by atoms with Gasteiger partial charge in [-0.2, -0.15) is 0 Å². The van der Waals surface area contributed by atoms with Crippen molar-refractivity contribution in [2.75, 3.05) is 7.05 Å². The quantitative estimate of drug-likeness (QED) is 0.843. The fourth-order valence-corrected chi connectivity index (χ4v) is 2.21. The third kappa shape index (κ3) is 2.38. The van der Waals surface area contributed by atoms with Gasteiger partial charge in [-0.15, -0.1) is 0 Å². The van der Waals surface area contributed by atoms with Gasteiger partial charge in [0.15, 0.2) is 0 Å². The molecule has 5 nitrogen and oxygen atoms in total. The Morgan fingerprint density at radius 1 is 1.40 bits per heavy atom. The van der Waals surface area contributed by atoms with E-state index in [1.54, 1.807) is 19.3 Å². The van der Waals surface area contributed by atoms with Gasteiger partial charge in [0, 0.05) is 18.4 Å². The number of rotatable bonds is 4. The fourth-order valence-electron chi connectivity index (χ4n) is 1.39. The monoisotopic (exact) mass is 231 g/mol. The Bertz CT molecular complexity index is 422. The first kappa shape index (κ1) is 12.2. The van der Waals surface area contributed by atoms with Gasteiger partial charge in [-0.1, -0.05) is 0 Å². The van der Waals surface area contributed by atoms with Crippen LogP contribution in [0.2, 0.25) is 0 Å². The highest BCUT2D eigenvalue weighted by atomic mass is 32.2. The molecular weight excluding hydrogens is 214 g/mol. The maximum absolute atomic E-state index is 11.6. The zero-order chi connectivity index (χ0) is 11.6. The van der Waals surface area contributed by atoms with E-state index in [-0.39, 0.29) is 6.04 Å². The molecule has 0 amide bonds. The second-order valence-electron chi connectivity index (χ2n) is 3.68. The summed E-state index contributed by atoms with van der Waals surface area (Å²) in [5, 5.41) is -0.639. The van der Waals surface area contributed by atoms with E-state index in [1.165, 1.54) is 7.05 Å². The minimum atomic E-state index is -3.31. The lowest BCUT2D eigenvalue weighted by atomic mass is 10.3. The third-order valence-corrected chi connectivity index (χ3v) is 4.08. The molecule has 86 valence electrons. The van der Waals surface area contributed by atoms with Gasteiger partial charge in [0.1, 0.15) is 11.1 Å². The van der Waals surface area contributed by atoms with Crippen molar-refractivity contribution in [1.29, 1.82) is 0 Å². The molecule has 0 aliphatic rings. The topological polar surface area (TPSA) is 64.0 Å². The Morgan fingerprint density at radius 3 is 2.47 bits per heavy atom. The highest BCUT2D eigenvalue weighted by Gasteiger charge is 2.25. The van der Waals surface area contributed by atoms with E-state index in [0.717, 1.165) is 0 Å². The summed E-state index contributed by atoms with van der Waals surface area (Å²) in [6, 6.07) is 0.206. The fraction of sp³-hybridized carbons (Fsp3) is 0.667. The van der Waals surface area contributed by atoms with Crippen molar-refractivity contribution >= 4 is 10.0 Å². The number of sulfonamides is 1. The molecule has 1 aromatic rings. The summed E-state index contributed by atoms with van der Waals surface area (Å²) in [4.78, 5) is 4.10. The summed E-state index contributed by atoms with van der Waals surface area (Å²) in [5.74, 6) is 0.569. The number of imidazole rings is 1. The predicted molar refractivity (Wildman–Crippen MR) is 59.0 cm³/mol. The Morgan fingerprint density at radius 2 is 2.00 bits per heavy atom. The summed E-state index contributed by atoms with van der Waals surface area (Å²) in [7, 11) is -1.90. The van der Waals surface area contributed by atoms with Crippen molar-refractivity contribution in [1.82, 2.24) is 14.3 Å². The number of hydrogen-bond acceptors (Lipinski definition) is 3. The molecule has 0 saturated carbocycles. The summed E-state index contributed by atoms with van der Waals surface area (Å²) in [5.41, 5.74) is 0. The smallest absolute Gasteiger partial charge is 0.221 e. The summed E-state index contributed by atoms with van der Waals surface area (Å²) >= 11 is 0. The first-order chi connectivity index (χ1) is 6.90. The summed E-state index contributed by atoms with van der Waals surface area (Å²) in [6.07, 6.45) is 3.42. The largest absolute Gasteiger partial charge is 0.331 e. The van der Waals surface area contributed by atoms with E-state index in [4.69, 9.17) is 0 Å². The molecule has 1 aromatic heterocycles. The second kappa shape index (κ2) is 4.32. The van der Waals surface area contributed by atoms with Crippen LogP contribution in [0.5, 0.6) is 0 Å². The molecule has 0 aliphatic heterocycles. The van der Waals surface area contributed by atoms with Crippen LogP contribution in [0, 0.1) is 0 Å². The van der Waals surface area contributed by atoms with Gasteiger partial charge in [-0.05, 0) is 27.8 Å². The van der Waals surface area contributed by atoms with Crippen molar-refractivity contribution < 1.29 is 8.42 Å². The molecule has 0 bridgehead atoms. The minimum absolute atomic E-state index is 0.206. The molecule has 0 saturated heterocycles. The zero-order valence-corrected chi connectivity index (χ0v) is 10.2. The van der Waals surface area contributed by atoms with Crippen LogP contribution in [0.3, 0.4) is 0 Å². The number of nitrogens with zero attached hydrogens (tertiary/aromatic N) is 2. The van der Waals surface area contributed by atoms with Gasteiger partial charge < -0.3 is 4.57 Å². The maximum Gasteiger partial charge on any atom is 0.221 e. The van der Waals surface area contributed by atoms with E-state index >= 15 is 0 Å². The zero-order valence-electron chi connectivity index (χ0n) is 9.43. The van der Waals surface area contributed by atoms with Crippen LogP contribution in [0.4, 0.5) is 0 Å². The van der Waals surface area contributed by atoms with Crippen LogP contribution in [-0.2, 0) is 10.0 Å². The molecule has 0 aliphatic carbocycles. The minimum Gasteiger partial charge on any atom is -0.331 e. The third-order valence-electron chi connectivity index (χ3n) is 2.37.